The Bertz CT molecular complexity index is 886. The maximum atomic E-state index is 12.7. The number of ether oxygens (including phenoxy) is 1. The van der Waals surface area contributed by atoms with Gasteiger partial charge in [0.1, 0.15) is 11.4 Å². The molecule has 6 heteroatoms. The highest BCUT2D eigenvalue weighted by molar-refractivity contribution is 7.08. The van der Waals surface area contributed by atoms with E-state index in [4.69, 9.17) is 4.74 Å². The zero-order valence-corrected chi connectivity index (χ0v) is 18.5. The number of amides is 2. The molecule has 0 aliphatic carbocycles. The largest absolute Gasteiger partial charge is 0.487 e. The van der Waals surface area contributed by atoms with Crippen molar-refractivity contribution in [3.8, 4) is 5.75 Å². The molecule has 2 aliphatic heterocycles. The fourth-order valence-corrected chi connectivity index (χ4v) is 5.16. The molecule has 1 spiro atoms. The number of carbonyl (C=O) groups is 2. The molecule has 1 atom stereocenters. The molecule has 1 aromatic heterocycles. The SMILES string of the molecule is CC(C)CNC(=O)C[C@H]1CC2(CCN(C(=O)c3ccsc3)CC2)Oc2ccccc21. The van der Waals surface area contributed by atoms with Gasteiger partial charge in [-0.25, -0.2) is 0 Å². The van der Waals surface area contributed by atoms with Crippen molar-refractivity contribution in [3.05, 3.63) is 52.2 Å². The van der Waals surface area contributed by atoms with Gasteiger partial charge in [0.15, 0.2) is 0 Å². The fourth-order valence-electron chi connectivity index (χ4n) is 4.53. The number of para-hydroxylation sites is 1. The van der Waals surface area contributed by atoms with Crippen molar-refractivity contribution in [1.29, 1.82) is 0 Å². The summed E-state index contributed by atoms with van der Waals surface area (Å²) in [6, 6.07) is 9.98. The Labute approximate surface area is 182 Å². The van der Waals surface area contributed by atoms with Crippen LogP contribution in [0.5, 0.6) is 5.75 Å². The molecule has 0 radical (unpaired) electrons. The summed E-state index contributed by atoms with van der Waals surface area (Å²) in [5.74, 6) is 1.68. The molecule has 4 rings (SSSR count). The zero-order chi connectivity index (χ0) is 21.1. The van der Waals surface area contributed by atoms with Crippen molar-refractivity contribution in [3.63, 3.8) is 0 Å². The van der Waals surface area contributed by atoms with E-state index in [1.807, 2.05) is 39.9 Å². The first-order chi connectivity index (χ1) is 14.5. The number of fused-ring (bicyclic) bond motifs is 1. The van der Waals surface area contributed by atoms with Crippen molar-refractivity contribution < 1.29 is 14.3 Å². The monoisotopic (exact) mass is 426 g/mol. The van der Waals surface area contributed by atoms with Gasteiger partial charge in [0, 0.05) is 50.2 Å². The minimum absolute atomic E-state index is 0.102. The van der Waals surface area contributed by atoms with Crippen LogP contribution in [-0.2, 0) is 4.79 Å². The molecular formula is C24H30N2O3S. The Morgan fingerprint density at radius 2 is 2.00 bits per heavy atom. The second kappa shape index (κ2) is 8.80. The number of thiophene rings is 1. The summed E-state index contributed by atoms with van der Waals surface area (Å²) in [7, 11) is 0. The lowest BCUT2D eigenvalue weighted by Crippen LogP contribution is -2.52. The maximum absolute atomic E-state index is 12.7. The first-order valence-corrected chi connectivity index (χ1v) is 11.8. The second-order valence-electron chi connectivity index (χ2n) is 8.93. The topological polar surface area (TPSA) is 58.6 Å². The summed E-state index contributed by atoms with van der Waals surface area (Å²) < 4.78 is 6.52. The predicted octanol–water partition coefficient (Wildman–Crippen LogP) is 4.45. The molecule has 2 amide bonds. The van der Waals surface area contributed by atoms with Crippen LogP contribution in [0.2, 0.25) is 0 Å². The van der Waals surface area contributed by atoms with Crippen molar-refractivity contribution >= 4 is 23.2 Å². The highest BCUT2D eigenvalue weighted by Crippen LogP contribution is 2.46. The molecule has 3 heterocycles. The lowest BCUT2D eigenvalue weighted by atomic mass is 9.76. The summed E-state index contributed by atoms with van der Waals surface area (Å²) in [5.41, 5.74) is 1.59. The molecule has 0 bridgehead atoms. The van der Waals surface area contributed by atoms with Crippen LogP contribution in [0.4, 0.5) is 0 Å². The number of hydrogen-bond donors (Lipinski definition) is 1. The number of nitrogens with zero attached hydrogens (tertiary/aromatic N) is 1. The summed E-state index contributed by atoms with van der Waals surface area (Å²) in [5, 5.41) is 6.91. The second-order valence-corrected chi connectivity index (χ2v) is 9.71. The van der Waals surface area contributed by atoms with Crippen LogP contribution in [0.3, 0.4) is 0 Å². The van der Waals surface area contributed by atoms with Gasteiger partial charge in [-0.3, -0.25) is 9.59 Å². The minimum Gasteiger partial charge on any atom is -0.487 e. The van der Waals surface area contributed by atoms with E-state index in [1.54, 1.807) is 11.3 Å². The van der Waals surface area contributed by atoms with Crippen LogP contribution in [0.15, 0.2) is 41.1 Å². The fraction of sp³-hybridized carbons (Fsp3) is 0.500. The predicted molar refractivity (Wildman–Crippen MR) is 119 cm³/mol. The Morgan fingerprint density at radius 1 is 1.23 bits per heavy atom. The number of hydrogen-bond acceptors (Lipinski definition) is 4. The zero-order valence-electron chi connectivity index (χ0n) is 17.7. The third kappa shape index (κ3) is 4.53. The van der Waals surface area contributed by atoms with Gasteiger partial charge < -0.3 is 15.0 Å². The number of piperidine rings is 1. The van der Waals surface area contributed by atoms with Crippen LogP contribution >= 0.6 is 11.3 Å². The lowest BCUT2D eigenvalue weighted by molar-refractivity contribution is -0.122. The van der Waals surface area contributed by atoms with E-state index in [0.717, 1.165) is 36.1 Å². The molecule has 30 heavy (non-hydrogen) atoms. The van der Waals surface area contributed by atoms with Gasteiger partial charge in [-0.05, 0) is 35.4 Å². The molecule has 1 N–H and O–H groups in total. The maximum Gasteiger partial charge on any atom is 0.254 e. The highest BCUT2D eigenvalue weighted by atomic mass is 32.1. The van der Waals surface area contributed by atoms with Gasteiger partial charge in [0.2, 0.25) is 5.91 Å². The Kier molecular flexibility index (Phi) is 6.14. The van der Waals surface area contributed by atoms with Crippen molar-refractivity contribution in [2.75, 3.05) is 19.6 Å². The van der Waals surface area contributed by atoms with E-state index < -0.39 is 0 Å². The van der Waals surface area contributed by atoms with Gasteiger partial charge in [0.05, 0.1) is 5.56 Å². The number of rotatable bonds is 5. The minimum atomic E-state index is -0.303. The molecule has 2 aromatic rings. The highest BCUT2D eigenvalue weighted by Gasteiger charge is 2.44. The summed E-state index contributed by atoms with van der Waals surface area (Å²) in [6.45, 7) is 6.27. The van der Waals surface area contributed by atoms with Crippen molar-refractivity contribution in [2.45, 2.75) is 51.0 Å². The molecule has 2 aliphatic rings. The molecular weight excluding hydrogens is 396 g/mol. The van der Waals surface area contributed by atoms with Crippen LogP contribution in [0, 0.1) is 5.92 Å². The number of carbonyl (C=O) groups excluding carboxylic acids is 2. The van der Waals surface area contributed by atoms with Gasteiger partial charge in [0.25, 0.3) is 5.91 Å². The Balaban J connectivity index is 1.46. The van der Waals surface area contributed by atoms with Gasteiger partial charge >= 0.3 is 0 Å². The molecule has 160 valence electrons. The third-order valence-electron chi connectivity index (χ3n) is 6.17. The molecule has 0 saturated carbocycles. The van der Waals surface area contributed by atoms with Crippen LogP contribution < -0.4 is 10.1 Å². The van der Waals surface area contributed by atoms with Crippen LogP contribution in [0.1, 0.15) is 61.4 Å². The lowest BCUT2D eigenvalue weighted by Gasteiger charge is -2.47. The van der Waals surface area contributed by atoms with Gasteiger partial charge in [-0.15, -0.1) is 0 Å². The van der Waals surface area contributed by atoms with Crippen molar-refractivity contribution in [2.24, 2.45) is 5.92 Å². The summed E-state index contributed by atoms with van der Waals surface area (Å²) in [4.78, 5) is 27.2. The van der Waals surface area contributed by atoms with Gasteiger partial charge in [-0.2, -0.15) is 11.3 Å². The van der Waals surface area contributed by atoms with E-state index in [-0.39, 0.29) is 23.3 Å². The number of nitrogens with one attached hydrogen (secondary N) is 1. The van der Waals surface area contributed by atoms with Crippen LogP contribution in [0.25, 0.3) is 0 Å². The molecule has 1 aromatic carbocycles. The first kappa shape index (κ1) is 20.9. The Hall–Kier alpha value is -2.34. The average molecular weight is 427 g/mol. The molecule has 0 unspecified atom stereocenters. The van der Waals surface area contributed by atoms with Crippen molar-refractivity contribution in [1.82, 2.24) is 10.2 Å². The van der Waals surface area contributed by atoms with E-state index in [0.29, 0.717) is 32.0 Å². The van der Waals surface area contributed by atoms with E-state index in [9.17, 15) is 9.59 Å². The van der Waals surface area contributed by atoms with Crippen LogP contribution in [-0.4, -0.2) is 41.9 Å². The average Bonchev–Trinajstić information content (AvgIpc) is 3.27. The molecule has 1 saturated heterocycles. The summed E-state index contributed by atoms with van der Waals surface area (Å²) in [6.07, 6.45) is 2.88. The first-order valence-electron chi connectivity index (χ1n) is 10.8. The summed E-state index contributed by atoms with van der Waals surface area (Å²) >= 11 is 1.55. The number of likely N-dealkylation sites (tertiary alicyclic amines) is 1. The van der Waals surface area contributed by atoms with Gasteiger partial charge in [-0.1, -0.05) is 32.0 Å². The Morgan fingerprint density at radius 3 is 2.70 bits per heavy atom. The number of benzene rings is 1. The smallest absolute Gasteiger partial charge is 0.254 e. The van der Waals surface area contributed by atoms with E-state index in [2.05, 4.69) is 25.2 Å². The standard InChI is InChI=1S/C24H30N2O3S/c1-17(2)15-25-22(27)13-19-14-24(29-21-6-4-3-5-20(19)21)8-10-26(11-9-24)23(28)18-7-12-30-16-18/h3-7,12,16-17,19H,8-11,13-15H2,1-2H3,(H,25,27)/t19-/m0/s1. The molecule has 1 fully saturated rings. The third-order valence-corrected chi connectivity index (χ3v) is 6.86. The van der Waals surface area contributed by atoms with E-state index in [1.165, 1.54) is 0 Å². The molecule has 5 nitrogen and oxygen atoms in total. The van der Waals surface area contributed by atoms with E-state index >= 15 is 0 Å². The quantitative estimate of drug-likeness (QED) is 0.768. The normalized spacial score (nSPS) is 20.0.